The lowest BCUT2D eigenvalue weighted by atomic mass is 10.1. The van der Waals surface area contributed by atoms with E-state index in [0.717, 1.165) is 89.9 Å². The van der Waals surface area contributed by atoms with Crippen molar-refractivity contribution in [1.29, 1.82) is 0 Å². The third kappa shape index (κ3) is 55.4. The minimum Gasteiger partial charge on any atom is -0.462 e. The van der Waals surface area contributed by atoms with Gasteiger partial charge in [-0.05, 0) is 116 Å². The number of carbonyl (C=O) groups excluding carboxylic acids is 3. The first-order valence-corrected chi connectivity index (χ1v) is 29.1. The van der Waals surface area contributed by atoms with E-state index in [2.05, 4.69) is 106 Å². The lowest BCUT2D eigenvalue weighted by Gasteiger charge is -2.18. The molecule has 0 aromatic carbocycles. The Bertz CT molecular complexity index is 1330. The number of hydrogen-bond acceptors (Lipinski definition) is 6. The highest BCUT2D eigenvalue weighted by Crippen LogP contribution is 2.14. The fraction of sp³-hybridized carbons (Fsp3) is 0.730. The van der Waals surface area contributed by atoms with Crippen LogP contribution in [0.25, 0.3) is 0 Å². The molecule has 0 rings (SSSR count). The van der Waals surface area contributed by atoms with Crippen LogP contribution in [0.2, 0.25) is 0 Å². The zero-order chi connectivity index (χ0) is 50.0. The SMILES string of the molecule is CCCCC/C=C\C/C=C\CCCCCCCCCCCC(=O)OC[C@H](COC(=O)CCCCCCC/C=C\C/C=C\CCCCC)OC(=O)CCC/C=C\C/C=C\C/C=C\CCCCCCCC. The maximum atomic E-state index is 12.8. The quantitative estimate of drug-likeness (QED) is 0.0262. The van der Waals surface area contributed by atoms with Gasteiger partial charge >= 0.3 is 17.9 Å². The van der Waals surface area contributed by atoms with Crippen molar-refractivity contribution in [2.45, 2.75) is 284 Å². The molecule has 396 valence electrons. The zero-order valence-electron chi connectivity index (χ0n) is 45.3. The standard InChI is InChI=1S/C63H108O6/c1-4-7-10-13-16-19-22-25-28-30-31-33-35-38-41-44-47-50-53-56-62(65)68-59-60(58-67-61(64)55-52-49-46-43-40-37-34-27-24-21-18-15-12-9-6-3)69-63(66)57-54-51-48-45-42-39-36-32-29-26-23-20-17-14-11-8-5-2/h16,18-19,21,25-29,34,36,39,45,48,60H,4-15,17,20,22-24,30-33,35,37-38,40-44,46-47,49-59H2,1-3H3/b19-16-,21-18-,28-25-,29-26-,34-27-,39-36-,48-45-/t60-/m0/s1. The number of rotatable bonds is 52. The van der Waals surface area contributed by atoms with Gasteiger partial charge in [-0.15, -0.1) is 0 Å². The second-order valence-electron chi connectivity index (χ2n) is 19.2. The molecule has 0 aromatic heterocycles. The molecule has 1 atom stereocenters. The Morgan fingerprint density at radius 2 is 0.536 bits per heavy atom. The molecule has 0 spiro atoms. The Morgan fingerprint density at radius 3 is 0.884 bits per heavy atom. The molecule has 6 nitrogen and oxygen atoms in total. The molecule has 0 aromatic rings. The highest BCUT2D eigenvalue weighted by atomic mass is 16.6. The summed E-state index contributed by atoms with van der Waals surface area (Å²) in [7, 11) is 0. The third-order valence-electron chi connectivity index (χ3n) is 12.3. The van der Waals surface area contributed by atoms with E-state index in [1.807, 2.05) is 0 Å². The Kier molecular flexibility index (Phi) is 54.3. The molecule has 0 N–H and O–H groups in total. The Morgan fingerprint density at radius 1 is 0.290 bits per heavy atom. The molecular weight excluding hydrogens is 853 g/mol. The van der Waals surface area contributed by atoms with Crippen LogP contribution < -0.4 is 0 Å². The van der Waals surface area contributed by atoms with Gasteiger partial charge in [-0.25, -0.2) is 0 Å². The summed E-state index contributed by atoms with van der Waals surface area (Å²) in [4.78, 5) is 38.1. The molecule has 69 heavy (non-hydrogen) atoms. The molecule has 0 fully saturated rings. The maximum Gasteiger partial charge on any atom is 0.306 e. The Labute approximate surface area is 426 Å². The number of carbonyl (C=O) groups is 3. The molecule has 0 unspecified atom stereocenters. The van der Waals surface area contributed by atoms with Gasteiger partial charge in [0, 0.05) is 19.3 Å². The summed E-state index contributed by atoms with van der Waals surface area (Å²) < 4.78 is 16.8. The maximum absolute atomic E-state index is 12.8. The molecule has 0 aliphatic carbocycles. The summed E-state index contributed by atoms with van der Waals surface area (Å²) in [6, 6.07) is 0. The Balaban J connectivity index is 4.47. The van der Waals surface area contributed by atoms with Crippen LogP contribution in [0.5, 0.6) is 0 Å². The molecule has 0 aliphatic heterocycles. The smallest absolute Gasteiger partial charge is 0.306 e. The van der Waals surface area contributed by atoms with Crippen molar-refractivity contribution in [3.8, 4) is 0 Å². The van der Waals surface area contributed by atoms with Crippen LogP contribution >= 0.6 is 0 Å². The van der Waals surface area contributed by atoms with Crippen molar-refractivity contribution in [3.63, 3.8) is 0 Å². The highest BCUT2D eigenvalue weighted by Gasteiger charge is 2.19. The van der Waals surface area contributed by atoms with Gasteiger partial charge < -0.3 is 14.2 Å². The van der Waals surface area contributed by atoms with Gasteiger partial charge in [-0.3, -0.25) is 14.4 Å². The molecular formula is C63H108O6. The summed E-state index contributed by atoms with van der Waals surface area (Å²) in [6.45, 7) is 6.54. The average molecular weight is 962 g/mol. The van der Waals surface area contributed by atoms with E-state index >= 15 is 0 Å². The van der Waals surface area contributed by atoms with Crippen LogP contribution in [0.4, 0.5) is 0 Å². The predicted octanol–water partition coefficient (Wildman–Crippen LogP) is 19.5. The highest BCUT2D eigenvalue weighted by molar-refractivity contribution is 5.71. The second-order valence-corrected chi connectivity index (χ2v) is 19.2. The van der Waals surface area contributed by atoms with Gasteiger partial charge in [0.25, 0.3) is 0 Å². The number of unbranched alkanes of at least 4 members (excludes halogenated alkanes) is 27. The molecule has 0 saturated carbocycles. The van der Waals surface area contributed by atoms with Crippen molar-refractivity contribution < 1.29 is 28.6 Å². The number of esters is 3. The van der Waals surface area contributed by atoms with Crippen LogP contribution in [0, 0.1) is 0 Å². The zero-order valence-corrected chi connectivity index (χ0v) is 45.3. The summed E-state index contributed by atoms with van der Waals surface area (Å²) in [6.07, 6.45) is 74.3. The fourth-order valence-electron chi connectivity index (χ4n) is 7.93. The lowest BCUT2D eigenvalue weighted by Crippen LogP contribution is -2.30. The van der Waals surface area contributed by atoms with Crippen molar-refractivity contribution >= 4 is 17.9 Å². The van der Waals surface area contributed by atoms with E-state index in [1.165, 1.54) is 141 Å². The topological polar surface area (TPSA) is 78.9 Å². The average Bonchev–Trinajstić information content (AvgIpc) is 3.35. The molecule has 6 heteroatoms. The first-order valence-electron chi connectivity index (χ1n) is 29.1. The van der Waals surface area contributed by atoms with Crippen LogP contribution in [0.3, 0.4) is 0 Å². The van der Waals surface area contributed by atoms with E-state index in [-0.39, 0.29) is 37.5 Å². The third-order valence-corrected chi connectivity index (χ3v) is 12.3. The summed E-state index contributed by atoms with van der Waals surface area (Å²) >= 11 is 0. The normalized spacial score (nSPS) is 12.7. The van der Waals surface area contributed by atoms with Crippen LogP contribution in [-0.2, 0) is 28.6 Å². The van der Waals surface area contributed by atoms with Crippen molar-refractivity contribution in [2.75, 3.05) is 13.2 Å². The van der Waals surface area contributed by atoms with Crippen molar-refractivity contribution in [1.82, 2.24) is 0 Å². The van der Waals surface area contributed by atoms with Gasteiger partial charge in [0.1, 0.15) is 13.2 Å². The predicted molar refractivity (Wildman–Crippen MR) is 297 cm³/mol. The van der Waals surface area contributed by atoms with E-state index in [4.69, 9.17) is 14.2 Å². The summed E-state index contributed by atoms with van der Waals surface area (Å²) in [5.41, 5.74) is 0. The molecule has 0 radical (unpaired) electrons. The molecule has 0 heterocycles. The number of allylic oxidation sites excluding steroid dienone is 14. The van der Waals surface area contributed by atoms with Crippen molar-refractivity contribution in [3.05, 3.63) is 85.1 Å². The second kappa shape index (κ2) is 57.2. The summed E-state index contributed by atoms with van der Waals surface area (Å²) in [5, 5.41) is 0. The number of hydrogen-bond donors (Lipinski definition) is 0. The molecule has 0 bridgehead atoms. The van der Waals surface area contributed by atoms with Gasteiger partial charge in [-0.1, -0.05) is 228 Å². The summed E-state index contributed by atoms with van der Waals surface area (Å²) in [5.74, 6) is -0.969. The first-order chi connectivity index (χ1) is 34.0. The van der Waals surface area contributed by atoms with Gasteiger partial charge in [-0.2, -0.15) is 0 Å². The lowest BCUT2D eigenvalue weighted by molar-refractivity contribution is -0.167. The minimum absolute atomic E-state index is 0.103. The van der Waals surface area contributed by atoms with Crippen LogP contribution in [-0.4, -0.2) is 37.2 Å². The fourth-order valence-corrected chi connectivity index (χ4v) is 7.93. The molecule has 0 saturated heterocycles. The van der Waals surface area contributed by atoms with Crippen LogP contribution in [0.1, 0.15) is 278 Å². The van der Waals surface area contributed by atoms with E-state index in [1.54, 1.807) is 0 Å². The van der Waals surface area contributed by atoms with Gasteiger partial charge in [0.2, 0.25) is 0 Å². The van der Waals surface area contributed by atoms with E-state index in [9.17, 15) is 14.4 Å². The van der Waals surface area contributed by atoms with E-state index < -0.39 is 6.10 Å². The molecule has 0 aliphatic rings. The number of ether oxygens (including phenoxy) is 3. The van der Waals surface area contributed by atoms with E-state index in [0.29, 0.717) is 19.3 Å². The molecule has 0 amide bonds. The van der Waals surface area contributed by atoms with Gasteiger partial charge in [0.15, 0.2) is 6.10 Å². The van der Waals surface area contributed by atoms with Crippen molar-refractivity contribution in [2.24, 2.45) is 0 Å². The minimum atomic E-state index is -0.811. The monoisotopic (exact) mass is 961 g/mol. The van der Waals surface area contributed by atoms with Gasteiger partial charge in [0.05, 0.1) is 0 Å². The first kappa shape index (κ1) is 65.6. The Hall–Kier alpha value is -3.41. The van der Waals surface area contributed by atoms with Crippen LogP contribution in [0.15, 0.2) is 85.1 Å². The largest absolute Gasteiger partial charge is 0.462 e.